The van der Waals surface area contributed by atoms with Gasteiger partial charge < -0.3 is 15.3 Å². The van der Waals surface area contributed by atoms with Crippen LogP contribution in [-0.2, 0) is 9.59 Å². The molecule has 3 amide bonds. The van der Waals surface area contributed by atoms with Crippen molar-refractivity contribution >= 4 is 34.5 Å². The fraction of sp³-hybridized carbons (Fsp3) is 0.375. The standard InChI is InChI=1S/C32H36N4O5/c1-20(2)16-27(31(39)35-15-13-33-19-28(35)21-8-4-3-5-9-21)34-26(32(40)41)12-14-36-29(37)24-17-22-10-6-7-11-23(22)18-25(24)30(36)38/h3-11,17-18,20,26-28,33-34H,12-16,19H2,1-2H3,(H,40,41)/t26-,27+,28+/m1/s1. The van der Waals surface area contributed by atoms with Crippen molar-refractivity contribution in [1.82, 2.24) is 20.4 Å². The van der Waals surface area contributed by atoms with Crippen molar-refractivity contribution in [2.45, 2.75) is 44.8 Å². The summed E-state index contributed by atoms with van der Waals surface area (Å²) in [5, 5.41) is 18.3. The molecule has 3 aromatic carbocycles. The maximum Gasteiger partial charge on any atom is 0.320 e. The Balaban J connectivity index is 1.32. The smallest absolute Gasteiger partial charge is 0.320 e. The molecule has 41 heavy (non-hydrogen) atoms. The highest BCUT2D eigenvalue weighted by Crippen LogP contribution is 2.29. The van der Waals surface area contributed by atoms with Crippen molar-refractivity contribution in [2.75, 3.05) is 26.2 Å². The molecule has 3 atom stereocenters. The normalized spacial score (nSPS) is 18.6. The first-order valence-corrected chi connectivity index (χ1v) is 14.2. The Morgan fingerprint density at radius 1 is 0.951 bits per heavy atom. The molecule has 0 spiro atoms. The number of carbonyl (C=O) groups excluding carboxylic acids is 3. The minimum atomic E-state index is -1.13. The third kappa shape index (κ3) is 6.01. The van der Waals surface area contributed by atoms with Gasteiger partial charge in [0, 0.05) is 26.2 Å². The van der Waals surface area contributed by atoms with Crippen molar-refractivity contribution in [3.63, 3.8) is 0 Å². The molecule has 3 N–H and O–H groups in total. The van der Waals surface area contributed by atoms with Crippen molar-refractivity contribution in [2.24, 2.45) is 5.92 Å². The molecule has 1 fully saturated rings. The second-order valence-corrected chi connectivity index (χ2v) is 11.2. The van der Waals surface area contributed by atoms with E-state index in [1.54, 1.807) is 12.1 Å². The lowest BCUT2D eigenvalue weighted by atomic mass is 9.97. The molecule has 214 valence electrons. The third-order valence-electron chi connectivity index (χ3n) is 7.89. The maximum absolute atomic E-state index is 13.9. The van der Waals surface area contributed by atoms with Crippen molar-refractivity contribution in [3.8, 4) is 0 Å². The number of fused-ring (bicyclic) bond motifs is 2. The average molecular weight is 557 g/mol. The number of nitrogens with zero attached hydrogens (tertiary/aromatic N) is 2. The van der Waals surface area contributed by atoms with Crippen LogP contribution >= 0.6 is 0 Å². The SMILES string of the molecule is CC(C)C[C@H](N[C@H](CCN1C(=O)c2cc3ccccc3cc2C1=O)C(=O)O)C(=O)N1CCNC[C@H]1c1ccccc1. The first kappa shape index (κ1) is 28.4. The summed E-state index contributed by atoms with van der Waals surface area (Å²) in [7, 11) is 0. The first-order chi connectivity index (χ1) is 19.7. The van der Waals surface area contributed by atoms with E-state index in [0.29, 0.717) is 37.2 Å². The molecule has 9 heteroatoms. The minimum Gasteiger partial charge on any atom is -0.480 e. The number of rotatable bonds is 10. The summed E-state index contributed by atoms with van der Waals surface area (Å²) in [6, 6.07) is 18.7. The lowest BCUT2D eigenvalue weighted by Gasteiger charge is -2.39. The molecular weight excluding hydrogens is 520 g/mol. The summed E-state index contributed by atoms with van der Waals surface area (Å²) < 4.78 is 0. The molecule has 0 bridgehead atoms. The fourth-order valence-corrected chi connectivity index (χ4v) is 5.81. The monoisotopic (exact) mass is 556 g/mol. The van der Waals surface area contributed by atoms with E-state index in [-0.39, 0.29) is 30.8 Å². The van der Waals surface area contributed by atoms with Crippen LogP contribution in [0.4, 0.5) is 0 Å². The van der Waals surface area contributed by atoms with Gasteiger partial charge in [-0.3, -0.25) is 29.4 Å². The number of hydrogen-bond acceptors (Lipinski definition) is 6. The second-order valence-electron chi connectivity index (χ2n) is 11.2. The highest BCUT2D eigenvalue weighted by Gasteiger charge is 2.38. The van der Waals surface area contributed by atoms with Gasteiger partial charge in [-0.2, -0.15) is 0 Å². The van der Waals surface area contributed by atoms with Crippen molar-refractivity contribution < 1.29 is 24.3 Å². The van der Waals surface area contributed by atoms with Crippen LogP contribution in [0.15, 0.2) is 66.7 Å². The number of nitrogens with one attached hydrogen (secondary N) is 2. The Morgan fingerprint density at radius 3 is 2.15 bits per heavy atom. The molecule has 5 rings (SSSR count). The molecule has 3 aromatic rings. The number of hydrogen-bond donors (Lipinski definition) is 3. The Bertz CT molecular complexity index is 1400. The van der Waals surface area contributed by atoms with Crippen LogP contribution in [0.2, 0.25) is 0 Å². The summed E-state index contributed by atoms with van der Waals surface area (Å²) in [6.45, 7) is 5.69. The number of benzene rings is 3. The van der Waals surface area contributed by atoms with Gasteiger partial charge in [0.2, 0.25) is 5.91 Å². The topological polar surface area (TPSA) is 119 Å². The molecule has 0 radical (unpaired) electrons. The Hall–Kier alpha value is -4.08. The first-order valence-electron chi connectivity index (χ1n) is 14.2. The van der Waals surface area contributed by atoms with Gasteiger partial charge in [0.1, 0.15) is 6.04 Å². The van der Waals surface area contributed by atoms with Gasteiger partial charge in [0.15, 0.2) is 0 Å². The number of carboxylic acids is 1. The third-order valence-corrected chi connectivity index (χ3v) is 7.89. The molecule has 0 unspecified atom stereocenters. The Morgan fingerprint density at radius 2 is 1.56 bits per heavy atom. The van der Waals surface area contributed by atoms with Crippen LogP contribution in [0, 0.1) is 5.92 Å². The van der Waals surface area contributed by atoms with Crippen molar-refractivity contribution in [3.05, 3.63) is 83.4 Å². The molecule has 2 aliphatic rings. The number of carbonyl (C=O) groups is 4. The van der Waals surface area contributed by atoms with Gasteiger partial charge in [-0.1, -0.05) is 68.4 Å². The van der Waals surface area contributed by atoms with Crippen LogP contribution in [0.3, 0.4) is 0 Å². The second kappa shape index (κ2) is 12.2. The molecular formula is C32H36N4O5. The van der Waals surface area contributed by atoms with Gasteiger partial charge >= 0.3 is 5.97 Å². The zero-order chi connectivity index (χ0) is 29.1. The van der Waals surface area contributed by atoms with Crippen LogP contribution in [0.1, 0.15) is 59.0 Å². The zero-order valence-corrected chi connectivity index (χ0v) is 23.4. The summed E-state index contributed by atoms with van der Waals surface area (Å²) >= 11 is 0. The predicted molar refractivity (Wildman–Crippen MR) is 156 cm³/mol. The van der Waals surface area contributed by atoms with E-state index in [1.807, 2.05) is 73.3 Å². The highest BCUT2D eigenvalue weighted by molar-refractivity contribution is 6.23. The van der Waals surface area contributed by atoms with Gasteiger partial charge in [-0.15, -0.1) is 0 Å². The lowest BCUT2D eigenvalue weighted by Crippen LogP contribution is -2.57. The number of piperazine rings is 1. The fourth-order valence-electron chi connectivity index (χ4n) is 5.81. The Kier molecular flexibility index (Phi) is 8.46. The van der Waals surface area contributed by atoms with Gasteiger partial charge in [-0.25, -0.2) is 0 Å². The predicted octanol–water partition coefficient (Wildman–Crippen LogP) is 3.46. The molecule has 2 heterocycles. The van der Waals surface area contributed by atoms with E-state index in [9.17, 15) is 24.3 Å². The summed E-state index contributed by atoms with van der Waals surface area (Å²) in [5.41, 5.74) is 1.67. The number of carboxylic acid groups (broad SMARTS) is 1. The number of imide groups is 1. The summed E-state index contributed by atoms with van der Waals surface area (Å²) in [5.74, 6) is -2.00. The molecule has 0 aromatic heterocycles. The molecule has 2 aliphatic heterocycles. The summed E-state index contributed by atoms with van der Waals surface area (Å²) in [6.07, 6.45) is 0.430. The van der Waals surface area contributed by atoms with Crippen LogP contribution in [0.5, 0.6) is 0 Å². The largest absolute Gasteiger partial charge is 0.480 e. The quantitative estimate of drug-likeness (QED) is 0.327. The van der Waals surface area contributed by atoms with E-state index < -0.39 is 29.9 Å². The van der Waals surface area contributed by atoms with E-state index in [4.69, 9.17) is 0 Å². The van der Waals surface area contributed by atoms with E-state index in [2.05, 4.69) is 10.6 Å². The highest BCUT2D eigenvalue weighted by atomic mass is 16.4. The van der Waals surface area contributed by atoms with Crippen LogP contribution in [-0.4, -0.2) is 76.9 Å². The van der Waals surface area contributed by atoms with Gasteiger partial charge in [-0.05, 0) is 47.2 Å². The number of amides is 3. The van der Waals surface area contributed by atoms with Crippen molar-refractivity contribution in [1.29, 1.82) is 0 Å². The molecule has 0 aliphatic carbocycles. The molecule has 0 saturated carbocycles. The van der Waals surface area contributed by atoms with E-state index in [0.717, 1.165) is 21.2 Å². The van der Waals surface area contributed by atoms with Gasteiger partial charge in [0.25, 0.3) is 11.8 Å². The molecule has 1 saturated heterocycles. The lowest BCUT2D eigenvalue weighted by molar-refractivity contribution is -0.142. The number of aliphatic carboxylic acids is 1. The van der Waals surface area contributed by atoms with Crippen LogP contribution < -0.4 is 10.6 Å². The minimum absolute atomic E-state index is 0.0220. The van der Waals surface area contributed by atoms with E-state index >= 15 is 0 Å². The van der Waals surface area contributed by atoms with Gasteiger partial charge in [0.05, 0.1) is 23.2 Å². The summed E-state index contributed by atoms with van der Waals surface area (Å²) in [4.78, 5) is 55.6. The Labute approximate surface area is 239 Å². The average Bonchev–Trinajstić information content (AvgIpc) is 3.21. The van der Waals surface area contributed by atoms with E-state index in [1.165, 1.54) is 0 Å². The molecule has 9 nitrogen and oxygen atoms in total. The van der Waals surface area contributed by atoms with Crippen LogP contribution in [0.25, 0.3) is 10.8 Å². The zero-order valence-electron chi connectivity index (χ0n) is 23.4. The maximum atomic E-state index is 13.9.